The third kappa shape index (κ3) is 5.71. The molecule has 0 bridgehead atoms. The summed E-state index contributed by atoms with van der Waals surface area (Å²) in [6, 6.07) is 20.7. The van der Waals surface area contributed by atoms with Crippen LogP contribution in [-0.4, -0.2) is 17.9 Å². The first-order valence-corrected chi connectivity index (χ1v) is 10.9. The van der Waals surface area contributed by atoms with E-state index in [4.69, 9.17) is 0 Å². The van der Waals surface area contributed by atoms with Crippen molar-refractivity contribution in [1.82, 2.24) is 10.6 Å². The Balaban J connectivity index is 1.56. The van der Waals surface area contributed by atoms with Gasteiger partial charge in [0.05, 0.1) is 5.56 Å². The zero-order chi connectivity index (χ0) is 19.8. The van der Waals surface area contributed by atoms with E-state index in [0.29, 0.717) is 12.1 Å². The minimum Gasteiger partial charge on any atom is -0.350 e. The number of hydrogen-bond acceptors (Lipinski definition) is 4. The molecule has 1 atom stereocenters. The van der Waals surface area contributed by atoms with Gasteiger partial charge >= 0.3 is 0 Å². The van der Waals surface area contributed by atoms with Crippen LogP contribution in [0.15, 0.2) is 77.0 Å². The average molecular weight is 411 g/mol. The Morgan fingerprint density at radius 1 is 1.00 bits per heavy atom. The molecule has 6 heteroatoms. The Morgan fingerprint density at radius 2 is 1.75 bits per heavy atom. The van der Waals surface area contributed by atoms with Gasteiger partial charge in [-0.1, -0.05) is 48.5 Å². The number of rotatable bonds is 8. The standard InChI is InChI=1S/C22H22N2O2S2/c1-16(21(25)23-14-17-8-3-2-4-9-17)24-22(26)19-11-5-6-12-20(19)28-15-18-10-7-13-27-18/h2-13,16H,14-15H2,1H3,(H,23,25)(H,24,26). The highest BCUT2D eigenvalue weighted by Gasteiger charge is 2.18. The molecule has 0 fully saturated rings. The monoisotopic (exact) mass is 410 g/mol. The summed E-state index contributed by atoms with van der Waals surface area (Å²) >= 11 is 3.33. The molecule has 0 spiro atoms. The van der Waals surface area contributed by atoms with Crippen molar-refractivity contribution in [2.24, 2.45) is 0 Å². The fraction of sp³-hybridized carbons (Fsp3) is 0.182. The van der Waals surface area contributed by atoms with Crippen LogP contribution in [-0.2, 0) is 17.1 Å². The maximum atomic E-state index is 12.7. The Kier molecular flexibility index (Phi) is 7.28. The first kappa shape index (κ1) is 20.2. The number of amides is 2. The van der Waals surface area contributed by atoms with Crippen LogP contribution in [0.4, 0.5) is 0 Å². The van der Waals surface area contributed by atoms with Crippen molar-refractivity contribution in [2.75, 3.05) is 0 Å². The fourth-order valence-electron chi connectivity index (χ4n) is 2.60. The molecule has 3 rings (SSSR count). The van der Waals surface area contributed by atoms with E-state index < -0.39 is 6.04 Å². The Morgan fingerprint density at radius 3 is 2.50 bits per heavy atom. The normalized spacial score (nSPS) is 11.6. The average Bonchev–Trinajstić information content (AvgIpc) is 3.25. The lowest BCUT2D eigenvalue weighted by Crippen LogP contribution is -2.44. The zero-order valence-electron chi connectivity index (χ0n) is 15.6. The molecule has 2 aromatic carbocycles. The van der Waals surface area contributed by atoms with E-state index in [9.17, 15) is 9.59 Å². The summed E-state index contributed by atoms with van der Waals surface area (Å²) < 4.78 is 0. The molecule has 2 N–H and O–H groups in total. The minimum absolute atomic E-state index is 0.207. The highest BCUT2D eigenvalue weighted by Crippen LogP contribution is 2.28. The Bertz CT molecular complexity index is 911. The quantitative estimate of drug-likeness (QED) is 0.539. The molecule has 0 saturated carbocycles. The number of hydrogen-bond donors (Lipinski definition) is 2. The lowest BCUT2D eigenvalue weighted by Gasteiger charge is -2.15. The van der Waals surface area contributed by atoms with Gasteiger partial charge in [0.25, 0.3) is 5.91 Å². The summed E-state index contributed by atoms with van der Waals surface area (Å²) in [6.45, 7) is 2.13. The summed E-state index contributed by atoms with van der Waals surface area (Å²) in [4.78, 5) is 27.2. The van der Waals surface area contributed by atoms with Crippen molar-refractivity contribution in [2.45, 2.75) is 30.2 Å². The molecule has 28 heavy (non-hydrogen) atoms. The minimum atomic E-state index is -0.619. The van der Waals surface area contributed by atoms with Gasteiger partial charge in [0.15, 0.2) is 0 Å². The number of carbonyl (C=O) groups is 2. The lowest BCUT2D eigenvalue weighted by molar-refractivity contribution is -0.122. The van der Waals surface area contributed by atoms with E-state index in [0.717, 1.165) is 16.2 Å². The van der Waals surface area contributed by atoms with Crippen LogP contribution in [0, 0.1) is 0 Å². The van der Waals surface area contributed by atoms with Gasteiger partial charge in [-0.15, -0.1) is 23.1 Å². The molecule has 1 unspecified atom stereocenters. The molecule has 0 saturated heterocycles. The van der Waals surface area contributed by atoms with Crippen molar-refractivity contribution in [3.05, 3.63) is 88.1 Å². The molecule has 0 aliphatic carbocycles. The summed E-state index contributed by atoms with van der Waals surface area (Å²) in [6.07, 6.45) is 0. The predicted molar refractivity (Wildman–Crippen MR) is 116 cm³/mol. The van der Waals surface area contributed by atoms with E-state index >= 15 is 0 Å². The second-order valence-corrected chi connectivity index (χ2v) is 8.31. The summed E-state index contributed by atoms with van der Waals surface area (Å²) in [5.41, 5.74) is 1.61. The smallest absolute Gasteiger partial charge is 0.253 e. The van der Waals surface area contributed by atoms with E-state index in [2.05, 4.69) is 16.7 Å². The van der Waals surface area contributed by atoms with Crippen LogP contribution in [0.1, 0.15) is 27.7 Å². The molecule has 2 amide bonds. The molecule has 0 aliphatic rings. The third-order valence-corrected chi connectivity index (χ3v) is 6.31. The van der Waals surface area contributed by atoms with Gasteiger partial charge in [0, 0.05) is 22.1 Å². The molecule has 0 radical (unpaired) electrons. The first-order valence-electron chi connectivity index (χ1n) is 9.00. The second kappa shape index (κ2) is 10.1. The second-order valence-electron chi connectivity index (χ2n) is 6.26. The molecule has 1 aromatic heterocycles. The number of thiophene rings is 1. The van der Waals surface area contributed by atoms with Gasteiger partial charge in [0.2, 0.25) is 5.91 Å². The highest BCUT2D eigenvalue weighted by molar-refractivity contribution is 7.98. The van der Waals surface area contributed by atoms with Crippen molar-refractivity contribution in [1.29, 1.82) is 0 Å². The largest absolute Gasteiger partial charge is 0.350 e. The van der Waals surface area contributed by atoms with Gasteiger partial charge in [-0.3, -0.25) is 9.59 Å². The van der Waals surface area contributed by atoms with E-state index in [1.54, 1.807) is 36.1 Å². The van der Waals surface area contributed by atoms with Crippen LogP contribution in [0.2, 0.25) is 0 Å². The Labute approximate surface area is 173 Å². The molecule has 144 valence electrons. The van der Waals surface area contributed by atoms with Gasteiger partial charge < -0.3 is 10.6 Å². The van der Waals surface area contributed by atoms with E-state index in [-0.39, 0.29) is 11.8 Å². The van der Waals surface area contributed by atoms with Gasteiger partial charge in [0.1, 0.15) is 6.04 Å². The molecular formula is C22H22N2O2S2. The van der Waals surface area contributed by atoms with E-state index in [1.165, 1.54) is 4.88 Å². The third-order valence-electron chi connectivity index (χ3n) is 4.13. The zero-order valence-corrected chi connectivity index (χ0v) is 17.2. The van der Waals surface area contributed by atoms with Crippen molar-refractivity contribution in [3.63, 3.8) is 0 Å². The van der Waals surface area contributed by atoms with Crippen LogP contribution in [0.25, 0.3) is 0 Å². The summed E-state index contributed by atoms with van der Waals surface area (Å²) in [7, 11) is 0. The molecular weight excluding hydrogens is 388 g/mol. The van der Waals surface area contributed by atoms with Crippen molar-refractivity contribution >= 4 is 34.9 Å². The van der Waals surface area contributed by atoms with Crippen LogP contribution < -0.4 is 10.6 Å². The van der Waals surface area contributed by atoms with Gasteiger partial charge in [-0.2, -0.15) is 0 Å². The summed E-state index contributed by atoms with van der Waals surface area (Å²) in [5.74, 6) is 0.368. The van der Waals surface area contributed by atoms with Crippen molar-refractivity contribution < 1.29 is 9.59 Å². The topological polar surface area (TPSA) is 58.2 Å². The summed E-state index contributed by atoms with van der Waals surface area (Å²) in [5, 5.41) is 7.71. The van der Waals surface area contributed by atoms with Crippen LogP contribution in [0.3, 0.4) is 0 Å². The molecule has 4 nitrogen and oxygen atoms in total. The Hall–Kier alpha value is -2.57. The van der Waals surface area contributed by atoms with Gasteiger partial charge in [-0.05, 0) is 36.1 Å². The maximum absolute atomic E-state index is 12.7. The van der Waals surface area contributed by atoms with Crippen molar-refractivity contribution in [3.8, 4) is 0 Å². The van der Waals surface area contributed by atoms with Gasteiger partial charge in [-0.25, -0.2) is 0 Å². The fourth-order valence-corrected chi connectivity index (χ4v) is 4.42. The highest BCUT2D eigenvalue weighted by atomic mass is 32.2. The number of benzene rings is 2. The molecule has 3 aromatic rings. The number of thioether (sulfide) groups is 1. The lowest BCUT2D eigenvalue weighted by atomic mass is 10.2. The maximum Gasteiger partial charge on any atom is 0.253 e. The number of nitrogens with one attached hydrogen (secondary N) is 2. The molecule has 1 heterocycles. The van der Waals surface area contributed by atoms with E-state index in [1.807, 2.05) is 60.0 Å². The first-order chi connectivity index (χ1) is 13.6. The van der Waals surface area contributed by atoms with Crippen LogP contribution >= 0.6 is 23.1 Å². The number of carbonyl (C=O) groups excluding carboxylic acids is 2. The van der Waals surface area contributed by atoms with Crippen LogP contribution in [0.5, 0.6) is 0 Å². The molecule has 0 aliphatic heterocycles. The predicted octanol–water partition coefficient (Wildman–Crippen LogP) is 4.48. The SMILES string of the molecule is CC(NC(=O)c1ccccc1SCc1cccs1)C(=O)NCc1ccccc1.